The number of aliphatic hydroxyl groups excluding tert-OH is 1. The molecule has 4 heteroatoms. The molecule has 2 unspecified atom stereocenters. The Morgan fingerprint density at radius 1 is 1.10 bits per heavy atom. The van der Waals surface area contributed by atoms with E-state index in [0.29, 0.717) is 18.9 Å². The minimum absolute atomic E-state index is 0.0185. The van der Waals surface area contributed by atoms with Gasteiger partial charge in [0.1, 0.15) is 6.04 Å². The lowest BCUT2D eigenvalue weighted by Gasteiger charge is -2.19. The van der Waals surface area contributed by atoms with Crippen LogP contribution in [0.3, 0.4) is 0 Å². The maximum Gasteiger partial charge on any atom is 0.320 e. The molecule has 0 saturated heterocycles. The molecular formula is C17H27NO3. The van der Waals surface area contributed by atoms with E-state index in [-0.39, 0.29) is 5.92 Å². The average molecular weight is 293 g/mol. The number of carboxylic acids is 1. The van der Waals surface area contributed by atoms with Crippen molar-refractivity contribution in [1.29, 1.82) is 0 Å². The summed E-state index contributed by atoms with van der Waals surface area (Å²) in [5.74, 6) is -0.356. The second-order valence-corrected chi connectivity index (χ2v) is 6.14. The predicted octanol–water partition coefficient (Wildman–Crippen LogP) is 2.93. The highest BCUT2D eigenvalue weighted by Gasteiger charge is 2.20. The number of rotatable bonds is 8. The summed E-state index contributed by atoms with van der Waals surface area (Å²) in [4.78, 5) is 11.1. The van der Waals surface area contributed by atoms with E-state index in [1.54, 1.807) is 0 Å². The fraction of sp³-hybridized carbons (Fsp3) is 0.588. The zero-order chi connectivity index (χ0) is 16.0. The quantitative estimate of drug-likeness (QED) is 0.689. The van der Waals surface area contributed by atoms with Crippen LogP contribution in [0.2, 0.25) is 0 Å². The summed E-state index contributed by atoms with van der Waals surface area (Å²) >= 11 is 0. The van der Waals surface area contributed by atoms with Crippen LogP contribution in [0.5, 0.6) is 0 Å². The normalized spacial score (nSPS) is 14.4. The van der Waals surface area contributed by atoms with E-state index in [0.717, 1.165) is 5.56 Å². The van der Waals surface area contributed by atoms with E-state index in [4.69, 9.17) is 5.11 Å². The van der Waals surface area contributed by atoms with Crippen molar-refractivity contribution < 1.29 is 15.0 Å². The Kier molecular flexibility index (Phi) is 6.85. The average Bonchev–Trinajstić information content (AvgIpc) is 2.42. The third kappa shape index (κ3) is 5.48. The van der Waals surface area contributed by atoms with E-state index in [9.17, 15) is 9.90 Å². The number of hydrogen-bond donors (Lipinski definition) is 3. The van der Waals surface area contributed by atoms with Gasteiger partial charge in [-0.3, -0.25) is 4.79 Å². The molecule has 0 bridgehead atoms. The number of aliphatic hydroxyl groups is 1. The first-order chi connectivity index (χ1) is 9.82. The number of benzene rings is 1. The summed E-state index contributed by atoms with van der Waals surface area (Å²) in [6.45, 7) is 8.47. The van der Waals surface area contributed by atoms with Gasteiger partial charge in [0.2, 0.25) is 0 Å². The summed E-state index contributed by atoms with van der Waals surface area (Å²) < 4.78 is 0. The summed E-state index contributed by atoms with van der Waals surface area (Å²) in [5.41, 5.74) is 2.12. The van der Waals surface area contributed by atoms with Crippen molar-refractivity contribution in [2.45, 2.75) is 52.2 Å². The summed E-state index contributed by atoms with van der Waals surface area (Å²) in [7, 11) is 0. The smallest absolute Gasteiger partial charge is 0.320 e. The molecule has 0 heterocycles. The van der Waals surface area contributed by atoms with Crippen LogP contribution in [0.4, 0.5) is 0 Å². The molecule has 0 amide bonds. The molecule has 0 fully saturated rings. The minimum atomic E-state index is -0.847. The molecule has 4 nitrogen and oxygen atoms in total. The van der Waals surface area contributed by atoms with E-state index in [2.05, 4.69) is 19.2 Å². The maximum atomic E-state index is 11.1. The second kappa shape index (κ2) is 8.15. The standard InChI is InChI=1S/C17H27NO3/c1-11(2)13-5-7-14(8-6-13)15(19)9-10-18-16(12(3)4)17(20)21/h5-8,11-12,15-16,18-19H,9-10H2,1-4H3,(H,20,21). The first kappa shape index (κ1) is 17.7. The lowest BCUT2D eigenvalue weighted by molar-refractivity contribution is -0.140. The zero-order valence-corrected chi connectivity index (χ0v) is 13.3. The maximum absolute atomic E-state index is 11.1. The largest absolute Gasteiger partial charge is 0.480 e. The van der Waals surface area contributed by atoms with E-state index < -0.39 is 18.1 Å². The Bertz CT molecular complexity index is 440. The highest BCUT2D eigenvalue weighted by Crippen LogP contribution is 2.20. The van der Waals surface area contributed by atoms with Crippen molar-refractivity contribution >= 4 is 5.97 Å². The van der Waals surface area contributed by atoms with E-state index in [1.807, 2.05) is 38.1 Å². The highest BCUT2D eigenvalue weighted by molar-refractivity contribution is 5.73. The molecule has 21 heavy (non-hydrogen) atoms. The Balaban J connectivity index is 2.50. The van der Waals surface area contributed by atoms with Crippen molar-refractivity contribution in [3.8, 4) is 0 Å². The molecule has 0 saturated carbocycles. The number of nitrogens with one attached hydrogen (secondary N) is 1. The number of hydrogen-bond acceptors (Lipinski definition) is 3. The summed E-state index contributed by atoms with van der Waals surface area (Å²) in [6, 6.07) is 7.38. The number of carbonyl (C=O) groups is 1. The first-order valence-corrected chi connectivity index (χ1v) is 7.57. The van der Waals surface area contributed by atoms with Gasteiger partial charge in [-0.25, -0.2) is 0 Å². The monoisotopic (exact) mass is 293 g/mol. The predicted molar refractivity (Wildman–Crippen MR) is 84.4 cm³/mol. The molecule has 0 aliphatic carbocycles. The first-order valence-electron chi connectivity index (χ1n) is 7.57. The van der Waals surface area contributed by atoms with Gasteiger partial charge in [-0.15, -0.1) is 0 Å². The van der Waals surface area contributed by atoms with Gasteiger partial charge in [0.05, 0.1) is 6.10 Å². The van der Waals surface area contributed by atoms with Crippen LogP contribution in [-0.2, 0) is 4.79 Å². The molecule has 1 aromatic carbocycles. The molecule has 0 aromatic heterocycles. The molecule has 0 spiro atoms. The molecule has 1 rings (SSSR count). The van der Waals surface area contributed by atoms with Crippen LogP contribution in [-0.4, -0.2) is 28.8 Å². The van der Waals surface area contributed by atoms with Crippen molar-refractivity contribution in [3.05, 3.63) is 35.4 Å². The Labute approximate surface area is 127 Å². The molecule has 0 radical (unpaired) electrons. The third-order valence-electron chi connectivity index (χ3n) is 3.70. The Hall–Kier alpha value is -1.39. The van der Waals surface area contributed by atoms with Crippen LogP contribution in [0.15, 0.2) is 24.3 Å². The fourth-order valence-electron chi connectivity index (χ4n) is 2.25. The van der Waals surface area contributed by atoms with Crippen molar-refractivity contribution in [2.75, 3.05) is 6.54 Å². The highest BCUT2D eigenvalue weighted by atomic mass is 16.4. The van der Waals surface area contributed by atoms with Crippen molar-refractivity contribution in [2.24, 2.45) is 5.92 Å². The SMILES string of the molecule is CC(C)c1ccc(C(O)CCNC(C(=O)O)C(C)C)cc1. The second-order valence-electron chi connectivity index (χ2n) is 6.14. The van der Waals surface area contributed by atoms with Crippen LogP contribution in [0.25, 0.3) is 0 Å². The van der Waals surface area contributed by atoms with Gasteiger partial charge in [0, 0.05) is 0 Å². The summed E-state index contributed by atoms with van der Waals surface area (Å²) in [6.07, 6.45) is -0.0716. The van der Waals surface area contributed by atoms with Gasteiger partial charge in [-0.1, -0.05) is 52.0 Å². The van der Waals surface area contributed by atoms with Gasteiger partial charge in [-0.05, 0) is 35.9 Å². The van der Waals surface area contributed by atoms with E-state index in [1.165, 1.54) is 5.56 Å². The van der Waals surface area contributed by atoms with Gasteiger partial charge in [-0.2, -0.15) is 0 Å². The Morgan fingerprint density at radius 3 is 2.05 bits per heavy atom. The van der Waals surface area contributed by atoms with Gasteiger partial charge >= 0.3 is 5.97 Å². The lowest BCUT2D eigenvalue weighted by Crippen LogP contribution is -2.41. The lowest BCUT2D eigenvalue weighted by atomic mass is 9.99. The number of aliphatic carboxylic acids is 1. The van der Waals surface area contributed by atoms with Crippen molar-refractivity contribution in [1.82, 2.24) is 5.32 Å². The molecular weight excluding hydrogens is 266 g/mol. The van der Waals surface area contributed by atoms with Crippen LogP contribution < -0.4 is 5.32 Å². The Morgan fingerprint density at radius 2 is 1.62 bits per heavy atom. The third-order valence-corrected chi connectivity index (χ3v) is 3.70. The molecule has 3 N–H and O–H groups in total. The summed E-state index contributed by atoms with van der Waals surface area (Å²) in [5, 5.41) is 22.2. The molecule has 0 aliphatic heterocycles. The molecule has 1 aromatic rings. The van der Waals surface area contributed by atoms with Gasteiger partial charge < -0.3 is 15.5 Å². The topological polar surface area (TPSA) is 69.6 Å². The minimum Gasteiger partial charge on any atom is -0.480 e. The van der Waals surface area contributed by atoms with Crippen molar-refractivity contribution in [3.63, 3.8) is 0 Å². The number of carboxylic acid groups (broad SMARTS) is 1. The fourth-order valence-corrected chi connectivity index (χ4v) is 2.25. The van der Waals surface area contributed by atoms with Gasteiger partial charge in [0.15, 0.2) is 0 Å². The van der Waals surface area contributed by atoms with Gasteiger partial charge in [0.25, 0.3) is 0 Å². The molecule has 118 valence electrons. The van der Waals surface area contributed by atoms with E-state index >= 15 is 0 Å². The van der Waals surface area contributed by atoms with Crippen LogP contribution in [0.1, 0.15) is 57.3 Å². The molecule has 2 atom stereocenters. The van der Waals surface area contributed by atoms with Crippen LogP contribution >= 0.6 is 0 Å². The molecule has 0 aliphatic rings. The van der Waals surface area contributed by atoms with Crippen LogP contribution in [0, 0.1) is 5.92 Å². The zero-order valence-electron chi connectivity index (χ0n) is 13.3.